The number of allylic oxidation sites excluding steroid dienone is 1. The van der Waals surface area contributed by atoms with Gasteiger partial charge in [-0.15, -0.1) is 13.2 Å². The minimum Gasteiger partial charge on any atom is -0.262 e. The molecule has 0 aliphatic carbocycles. The van der Waals surface area contributed by atoms with Crippen molar-refractivity contribution in [2.24, 2.45) is 0 Å². The summed E-state index contributed by atoms with van der Waals surface area (Å²) in [5, 5.41) is 0. The number of para-hydroxylation sites is 1. The molecule has 4 heteroatoms. The predicted octanol–water partition coefficient (Wildman–Crippen LogP) is 6.38. The van der Waals surface area contributed by atoms with Crippen LogP contribution in [0.4, 0.5) is 5.69 Å². The van der Waals surface area contributed by atoms with Crippen molar-refractivity contribution >= 4 is 15.7 Å². The maximum atomic E-state index is 14.1. The van der Waals surface area contributed by atoms with Crippen LogP contribution >= 0.6 is 0 Å². The lowest BCUT2D eigenvalue weighted by Gasteiger charge is -2.53. The quantitative estimate of drug-likeness (QED) is 0.415. The van der Waals surface area contributed by atoms with E-state index in [0.717, 1.165) is 16.7 Å². The first-order chi connectivity index (χ1) is 15.4. The molecule has 0 N–H and O–H groups in total. The van der Waals surface area contributed by atoms with Crippen LogP contribution in [0, 0.1) is 6.92 Å². The maximum absolute atomic E-state index is 14.1. The summed E-state index contributed by atoms with van der Waals surface area (Å²) in [5.74, 6) is -0.0597. The van der Waals surface area contributed by atoms with Gasteiger partial charge in [-0.3, -0.25) is 4.31 Å². The van der Waals surface area contributed by atoms with Crippen molar-refractivity contribution in [3.8, 4) is 0 Å². The van der Waals surface area contributed by atoms with Crippen molar-refractivity contribution in [2.45, 2.75) is 42.5 Å². The number of sulfonamides is 1. The third-order valence-electron chi connectivity index (χ3n) is 6.73. The highest BCUT2D eigenvalue weighted by Crippen LogP contribution is 2.54. The molecule has 0 spiro atoms. The topological polar surface area (TPSA) is 37.4 Å². The smallest absolute Gasteiger partial charge is 0.262 e. The van der Waals surface area contributed by atoms with Crippen LogP contribution in [0.1, 0.15) is 36.0 Å². The lowest BCUT2D eigenvalue weighted by molar-refractivity contribution is 0.326. The maximum Gasteiger partial charge on any atom is 0.264 e. The second-order valence-corrected chi connectivity index (χ2v) is 10.4. The highest BCUT2D eigenvalue weighted by molar-refractivity contribution is 7.92. The van der Waals surface area contributed by atoms with Gasteiger partial charge in [-0.2, -0.15) is 0 Å². The normalized spacial score (nSPS) is 22.8. The molecule has 3 aromatic rings. The van der Waals surface area contributed by atoms with E-state index in [4.69, 9.17) is 0 Å². The zero-order valence-electron chi connectivity index (χ0n) is 18.6. The highest BCUT2D eigenvalue weighted by atomic mass is 32.2. The summed E-state index contributed by atoms with van der Waals surface area (Å²) in [6.45, 7) is 12.2. The SMILES string of the molecule is C=CC[C@H]1N(S(=O)(=O)c2ccc(C)cc2)c2ccccc2[C@@H](C=C)[C@]1(C)c1ccccc1. The van der Waals surface area contributed by atoms with E-state index in [0.29, 0.717) is 17.0 Å². The Kier molecular flexibility index (Phi) is 5.83. The van der Waals surface area contributed by atoms with Crippen molar-refractivity contribution in [1.29, 1.82) is 0 Å². The number of aryl methyl sites for hydroxylation is 1. The standard InChI is InChI=1S/C28H29NO2S/c1-5-12-27-28(4,22-13-8-7-9-14-22)25(6-2)24-15-10-11-16-26(24)29(27)32(30,31)23-19-17-21(3)18-20-23/h5-11,13-20,25,27H,1-2,12H2,3-4H3/t25-,27-,28+/m1/s1. The second kappa shape index (κ2) is 8.44. The zero-order chi connectivity index (χ0) is 22.9. The van der Waals surface area contributed by atoms with Crippen LogP contribution in [0.3, 0.4) is 0 Å². The molecule has 0 aromatic heterocycles. The number of nitrogens with zero attached hydrogens (tertiary/aromatic N) is 1. The average molecular weight is 444 g/mol. The molecule has 0 amide bonds. The summed E-state index contributed by atoms with van der Waals surface area (Å²) in [7, 11) is -3.82. The first-order valence-electron chi connectivity index (χ1n) is 10.8. The predicted molar refractivity (Wildman–Crippen MR) is 133 cm³/mol. The van der Waals surface area contributed by atoms with Crippen LogP contribution in [0.5, 0.6) is 0 Å². The highest BCUT2D eigenvalue weighted by Gasteiger charge is 2.52. The van der Waals surface area contributed by atoms with Crippen LogP contribution in [0.2, 0.25) is 0 Å². The molecule has 0 saturated carbocycles. The lowest BCUT2D eigenvalue weighted by Crippen LogP contribution is -2.57. The van der Waals surface area contributed by atoms with E-state index in [1.807, 2.05) is 73.7 Å². The van der Waals surface area contributed by atoms with E-state index in [9.17, 15) is 8.42 Å². The minimum absolute atomic E-state index is 0.0597. The van der Waals surface area contributed by atoms with Gasteiger partial charge in [0, 0.05) is 11.3 Å². The average Bonchev–Trinajstić information content (AvgIpc) is 2.80. The summed E-state index contributed by atoms with van der Waals surface area (Å²) in [4.78, 5) is 0.291. The molecular formula is C28H29NO2S. The number of hydrogen-bond donors (Lipinski definition) is 0. The van der Waals surface area contributed by atoms with Gasteiger partial charge in [0.1, 0.15) is 0 Å². The first-order valence-corrected chi connectivity index (χ1v) is 12.3. The Bertz CT molecular complexity index is 1230. The third-order valence-corrected chi connectivity index (χ3v) is 8.57. The second-order valence-electron chi connectivity index (χ2n) is 8.57. The van der Waals surface area contributed by atoms with Crippen molar-refractivity contribution in [3.63, 3.8) is 0 Å². The summed E-state index contributed by atoms with van der Waals surface area (Å²) in [5.41, 5.74) is 3.23. The molecule has 1 aliphatic rings. The molecule has 0 radical (unpaired) electrons. The molecule has 0 saturated heterocycles. The lowest BCUT2D eigenvalue weighted by atomic mass is 9.61. The Morgan fingerprint density at radius 3 is 2.19 bits per heavy atom. The number of anilines is 1. The largest absolute Gasteiger partial charge is 0.264 e. The van der Waals surface area contributed by atoms with Gasteiger partial charge in [0.25, 0.3) is 10.0 Å². The fourth-order valence-corrected chi connectivity index (χ4v) is 6.83. The molecule has 0 unspecified atom stereocenters. The van der Waals surface area contributed by atoms with Gasteiger partial charge in [0.2, 0.25) is 0 Å². The van der Waals surface area contributed by atoms with Crippen LogP contribution in [-0.2, 0) is 15.4 Å². The number of fused-ring (bicyclic) bond motifs is 1. The summed E-state index contributed by atoms with van der Waals surface area (Å²) in [6, 6.07) is 24.6. The van der Waals surface area contributed by atoms with E-state index in [1.54, 1.807) is 16.4 Å². The fraction of sp³-hybridized carbons (Fsp3) is 0.214. The van der Waals surface area contributed by atoms with Crippen LogP contribution in [0.25, 0.3) is 0 Å². The van der Waals surface area contributed by atoms with Crippen LogP contribution in [0.15, 0.2) is 109 Å². The van der Waals surface area contributed by atoms with Crippen LogP contribution < -0.4 is 4.31 Å². The van der Waals surface area contributed by atoms with E-state index in [2.05, 4.69) is 32.2 Å². The molecule has 3 nitrogen and oxygen atoms in total. The van der Waals surface area contributed by atoms with Gasteiger partial charge in [-0.25, -0.2) is 8.42 Å². The Morgan fingerprint density at radius 1 is 0.938 bits per heavy atom. The molecule has 3 aromatic carbocycles. The summed E-state index contributed by atoms with van der Waals surface area (Å²) < 4.78 is 29.9. The summed E-state index contributed by atoms with van der Waals surface area (Å²) >= 11 is 0. The van der Waals surface area contributed by atoms with Crippen LogP contribution in [-0.4, -0.2) is 14.5 Å². The number of rotatable bonds is 6. The van der Waals surface area contributed by atoms with Gasteiger partial charge in [0.05, 0.1) is 16.6 Å². The van der Waals surface area contributed by atoms with Crippen molar-refractivity contribution in [1.82, 2.24) is 0 Å². The van der Waals surface area contributed by atoms with Gasteiger partial charge in [-0.1, -0.05) is 85.3 Å². The first kappa shape index (κ1) is 22.1. The Balaban J connectivity index is 2.04. The molecule has 4 rings (SSSR count). The molecule has 0 fully saturated rings. The van der Waals surface area contributed by atoms with Crippen molar-refractivity contribution < 1.29 is 8.42 Å². The fourth-order valence-electron chi connectivity index (χ4n) is 5.05. The number of hydrogen-bond acceptors (Lipinski definition) is 2. The van der Waals surface area contributed by atoms with Gasteiger partial charge in [0.15, 0.2) is 0 Å². The minimum atomic E-state index is -3.82. The summed E-state index contributed by atoms with van der Waals surface area (Å²) in [6.07, 6.45) is 4.28. The monoisotopic (exact) mass is 443 g/mol. The molecule has 1 aliphatic heterocycles. The van der Waals surface area contributed by atoms with Gasteiger partial charge < -0.3 is 0 Å². The van der Waals surface area contributed by atoms with Gasteiger partial charge >= 0.3 is 0 Å². The molecule has 1 heterocycles. The Morgan fingerprint density at radius 2 is 1.56 bits per heavy atom. The Labute approximate surface area is 191 Å². The van der Waals surface area contributed by atoms with Crippen molar-refractivity contribution in [3.05, 3.63) is 121 Å². The number of benzene rings is 3. The van der Waals surface area contributed by atoms with Crippen molar-refractivity contribution in [2.75, 3.05) is 4.31 Å². The molecule has 0 bridgehead atoms. The molecule has 164 valence electrons. The molecular weight excluding hydrogens is 414 g/mol. The van der Waals surface area contributed by atoms with Gasteiger partial charge in [-0.05, 0) is 42.7 Å². The van der Waals surface area contributed by atoms with E-state index in [1.165, 1.54) is 0 Å². The van der Waals surface area contributed by atoms with E-state index < -0.39 is 15.4 Å². The van der Waals surface area contributed by atoms with E-state index in [-0.39, 0.29) is 12.0 Å². The Hall–Kier alpha value is -3.11. The molecule has 3 atom stereocenters. The molecule has 32 heavy (non-hydrogen) atoms. The van der Waals surface area contributed by atoms with E-state index >= 15 is 0 Å². The zero-order valence-corrected chi connectivity index (χ0v) is 19.4. The third kappa shape index (κ3) is 3.39.